The first kappa shape index (κ1) is 9.22. The number of methoxy groups -OCH3 is 1. The van der Waals surface area contributed by atoms with Crippen LogP contribution in [0.2, 0.25) is 0 Å². The first-order valence-electron chi connectivity index (χ1n) is 4.00. The lowest BCUT2D eigenvalue weighted by atomic mass is 10.4. The molecule has 1 heterocycles. The summed E-state index contributed by atoms with van der Waals surface area (Å²) >= 11 is 0. The van der Waals surface area contributed by atoms with E-state index in [-0.39, 0.29) is 6.10 Å². The van der Waals surface area contributed by atoms with Gasteiger partial charge in [0, 0.05) is 25.4 Å². The van der Waals surface area contributed by atoms with Gasteiger partial charge in [0.2, 0.25) is 0 Å². The van der Waals surface area contributed by atoms with Crippen molar-refractivity contribution in [1.82, 2.24) is 9.78 Å². The Morgan fingerprint density at radius 1 is 1.75 bits per heavy atom. The lowest BCUT2D eigenvalue weighted by Crippen LogP contribution is -2.14. The molecule has 4 heteroatoms. The van der Waals surface area contributed by atoms with Crippen molar-refractivity contribution in [2.75, 3.05) is 7.11 Å². The Bertz CT molecular complexity index is 234. The third kappa shape index (κ3) is 2.32. The molecule has 0 fully saturated rings. The van der Waals surface area contributed by atoms with Gasteiger partial charge in [-0.25, -0.2) is 0 Å². The lowest BCUT2D eigenvalue weighted by Gasteiger charge is -2.08. The minimum absolute atomic E-state index is 0.190. The van der Waals surface area contributed by atoms with Crippen molar-refractivity contribution >= 4 is 0 Å². The van der Waals surface area contributed by atoms with Crippen molar-refractivity contribution in [3.8, 4) is 0 Å². The van der Waals surface area contributed by atoms with Gasteiger partial charge in [0.25, 0.3) is 0 Å². The van der Waals surface area contributed by atoms with Gasteiger partial charge in [0.05, 0.1) is 18.8 Å². The minimum Gasteiger partial charge on any atom is -0.380 e. The van der Waals surface area contributed by atoms with E-state index < -0.39 is 0 Å². The van der Waals surface area contributed by atoms with Gasteiger partial charge < -0.3 is 10.5 Å². The van der Waals surface area contributed by atoms with Gasteiger partial charge in [0.15, 0.2) is 0 Å². The molecule has 1 unspecified atom stereocenters. The number of nitrogens with zero attached hydrogens (tertiary/aromatic N) is 2. The summed E-state index contributed by atoms with van der Waals surface area (Å²) in [7, 11) is 1.69. The van der Waals surface area contributed by atoms with Crippen molar-refractivity contribution < 1.29 is 4.74 Å². The summed E-state index contributed by atoms with van der Waals surface area (Å²) in [4.78, 5) is 0. The van der Waals surface area contributed by atoms with Gasteiger partial charge in [0.1, 0.15) is 0 Å². The van der Waals surface area contributed by atoms with Crippen LogP contribution in [0.1, 0.15) is 12.5 Å². The monoisotopic (exact) mass is 169 g/mol. The predicted molar refractivity (Wildman–Crippen MR) is 46.6 cm³/mol. The van der Waals surface area contributed by atoms with Gasteiger partial charge in [-0.2, -0.15) is 5.10 Å². The first-order valence-corrected chi connectivity index (χ1v) is 4.00. The maximum atomic E-state index is 5.44. The summed E-state index contributed by atoms with van der Waals surface area (Å²) in [6.07, 6.45) is 3.91. The van der Waals surface area contributed by atoms with Crippen LogP contribution < -0.4 is 5.73 Å². The van der Waals surface area contributed by atoms with Crippen LogP contribution in [0, 0.1) is 0 Å². The highest BCUT2D eigenvalue weighted by atomic mass is 16.5. The molecule has 12 heavy (non-hydrogen) atoms. The van der Waals surface area contributed by atoms with Crippen molar-refractivity contribution in [1.29, 1.82) is 0 Å². The number of nitrogens with two attached hydrogens (primary N) is 1. The Labute approximate surface area is 72.3 Å². The molecule has 0 aliphatic rings. The standard InChI is InChI=1S/C8H15N3O/c1-7(12-2)5-11-6-8(3-9)4-10-11/h4,6-7H,3,5,9H2,1-2H3. The van der Waals surface area contributed by atoms with Crippen LogP contribution in [0.3, 0.4) is 0 Å². The normalized spacial score (nSPS) is 13.2. The number of ether oxygens (including phenoxy) is 1. The summed E-state index contributed by atoms with van der Waals surface area (Å²) in [5.74, 6) is 0. The van der Waals surface area contributed by atoms with E-state index >= 15 is 0 Å². The van der Waals surface area contributed by atoms with Crippen molar-refractivity contribution in [3.05, 3.63) is 18.0 Å². The van der Waals surface area contributed by atoms with Gasteiger partial charge >= 0.3 is 0 Å². The van der Waals surface area contributed by atoms with E-state index in [2.05, 4.69) is 5.10 Å². The van der Waals surface area contributed by atoms with Crippen LogP contribution >= 0.6 is 0 Å². The molecule has 0 amide bonds. The summed E-state index contributed by atoms with van der Waals surface area (Å²) in [5, 5.41) is 4.13. The average Bonchev–Trinajstić information content (AvgIpc) is 2.52. The Morgan fingerprint density at radius 2 is 2.50 bits per heavy atom. The van der Waals surface area contributed by atoms with Crippen molar-refractivity contribution in [2.45, 2.75) is 26.1 Å². The molecule has 0 aliphatic heterocycles. The van der Waals surface area contributed by atoms with E-state index in [0.29, 0.717) is 6.54 Å². The van der Waals surface area contributed by atoms with E-state index in [0.717, 1.165) is 12.1 Å². The van der Waals surface area contributed by atoms with Crippen LogP contribution in [0.5, 0.6) is 0 Å². The maximum absolute atomic E-state index is 5.44. The van der Waals surface area contributed by atoms with E-state index in [9.17, 15) is 0 Å². The highest BCUT2D eigenvalue weighted by Gasteiger charge is 2.01. The van der Waals surface area contributed by atoms with Gasteiger partial charge in [-0.1, -0.05) is 0 Å². The zero-order valence-electron chi connectivity index (χ0n) is 7.53. The molecule has 0 bridgehead atoms. The van der Waals surface area contributed by atoms with Crippen molar-refractivity contribution in [3.63, 3.8) is 0 Å². The zero-order chi connectivity index (χ0) is 8.97. The first-order chi connectivity index (χ1) is 5.76. The van der Waals surface area contributed by atoms with Gasteiger partial charge in [-0.15, -0.1) is 0 Å². The molecule has 1 rings (SSSR count). The number of aromatic nitrogens is 2. The summed E-state index contributed by atoms with van der Waals surface area (Å²) in [5.41, 5.74) is 6.50. The third-order valence-corrected chi connectivity index (χ3v) is 1.77. The van der Waals surface area contributed by atoms with E-state index in [1.807, 2.05) is 17.8 Å². The van der Waals surface area contributed by atoms with Crippen LogP contribution in [0.25, 0.3) is 0 Å². The molecule has 1 aromatic heterocycles. The molecular weight excluding hydrogens is 154 g/mol. The molecule has 68 valence electrons. The fraction of sp³-hybridized carbons (Fsp3) is 0.625. The minimum atomic E-state index is 0.190. The highest BCUT2D eigenvalue weighted by Crippen LogP contribution is 1.98. The highest BCUT2D eigenvalue weighted by molar-refractivity contribution is 5.02. The molecule has 2 N–H and O–H groups in total. The Hall–Kier alpha value is -0.870. The summed E-state index contributed by atoms with van der Waals surface area (Å²) in [6, 6.07) is 0. The molecule has 0 spiro atoms. The van der Waals surface area contributed by atoms with Crippen molar-refractivity contribution in [2.24, 2.45) is 5.73 Å². The van der Waals surface area contributed by atoms with Crippen LogP contribution in [0.4, 0.5) is 0 Å². The van der Waals surface area contributed by atoms with Crippen LogP contribution in [0.15, 0.2) is 12.4 Å². The smallest absolute Gasteiger partial charge is 0.0739 e. The molecule has 0 saturated carbocycles. The topological polar surface area (TPSA) is 53.1 Å². The molecule has 0 saturated heterocycles. The third-order valence-electron chi connectivity index (χ3n) is 1.77. The summed E-state index contributed by atoms with van der Waals surface area (Å²) in [6.45, 7) is 3.32. The Morgan fingerprint density at radius 3 is 3.00 bits per heavy atom. The SMILES string of the molecule is COC(C)Cn1cc(CN)cn1. The second-order valence-corrected chi connectivity index (χ2v) is 2.82. The van der Waals surface area contributed by atoms with Gasteiger partial charge in [-0.3, -0.25) is 4.68 Å². The maximum Gasteiger partial charge on any atom is 0.0739 e. The molecule has 0 aromatic carbocycles. The molecule has 1 atom stereocenters. The average molecular weight is 169 g/mol. The van der Waals surface area contributed by atoms with E-state index in [1.54, 1.807) is 13.3 Å². The number of hydrogen-bond donors (Lipinski definition) is 1. The number of hydrogen-bond acceptors (Lipinski definition) is 3. The molecule has 4 nitrogen and oxygen atoms in total. The Balaban J connectivity index is 2.52. The van der Waals surface area contributed by atoms with Gasteiger partial charge in [-0.05, 0) is 6.92 Å². The molecule has 0 radical (unpaired) electrons. The molecule has 1 aromatic rings. The van der Waals surface area contributed by atoms with Crippen LogP contribution in [-0.2, 0) is 17.8 Å². The number of rotatable bonds is 4. The van der Waals surface area contributed by atoms with E-state index in [4.69, 9.17) is 10.5 Å². The Kier molecular flexibility index (Phi) is 3.25. The van der Waals surface area contributed by atoms with Crippen LogP contribution in [-0.4, -0.2) is 23.0 Å². The van der Waals surface area contributed by atoms with E-state index in [1.165, 1.54) is 0 Å². The molecular formula is C8H15N3O. The lowest BCUT2D eigenvalue weighted by molar-refractivity contribution is 0.0998. The quantitative estimate of drug-likeness (QED) is 0.708. The predicted octanol–water partition coefficient (Wildman–Crippen LogP) is 0.377. The molecule has 0 aliphatic carbocycles. The summed E-state index contributed by atoms with van der Waals surface area (Å²) < 4.78 is 6.95. The fourth-order valence-electron chi connectivity index (χ4n) is 0.950. The largest absolute Gasteiger partial charge is 0.380 e. The fourth-order valence-corrected chi connectivity index (χ4v) is 0.950. The second-order valence-electron chi connectivity index (χ2n) is 2.82. The zero-order valence-corrected chi connectivity index (χ0v) is 7.53. The second kappa shape index (κ2) is 4.23.